The first kappa shape index (κ1) is 18.9. The lowest BCUT2D eigenvalue weighted by Gasteiger charge is -2.39. The van der Waals surface area contributed by atoms with Crippen molar-refractivity contribution in [3.63, 3.8) is 0 Å². The van der Waals surface area contributed by atoms with Crippen LogP contribution in [0.1, 0.15) is 11.5 Å². The molecule has 1 aliphatic rings. The van der Waals surface area contributed by atoms with Crippen molar-refractivity contribution >= 4 is 11.6 Å². The van der Waals surface area contributed by atoms with E-state index in [-0.39, 0.29) is 24.1 Å². The Morgan fingerprint density at radius 1 is 1.10 bits per heavy atom. The van der Waals surface area contributed by atoms with Gasteiger partial charge in [0, 0.05) is 31.0 Å². The molecule has 3 aromatic rings. The second kappa shape index (κ2) is 7.90. The van der Waals surface area contributed by atoms with E-state index in [2.05, 4.69) is 15.0 Å². The maximum atomic E-state index is 14.0. The van der Waals surface area contributed by atoms with Crippen molar-refractivity contribution < 1.29 is 13.6 Å². The van der Waals surface area contributed by atoms with Crippen LogP contribution in [-0.2, 0) is 17.6 Å². The van der Waals surface area contributed by atoms with Gasteiger partial charge in [-0.15, -0.1) is 0 Å². The summed E-state index contributed by atoms with van der Waals surface area (Å²) in [5.74, 6) is -0.143. The molecule has 1 saturated heterocycles. The largest absolute Gasteiger partial charge is 0.397 e. The molecule has 0 saturated carbocycles. The molecular weight excluding hydrogens is 376 g/mol. The van der Waals surface area contributed by atoms with E-state index < -0.39 is 5.82 Å². The molecule has 0 bridgehead atoms. The Hall–Kier alpha value is -3.42. The number of nitrogens with zero attached hydrogens (tertiary/aromatic N) is 4. The lowest BCUT2D eigenvalue weighted by Crippen LogP contribution is -2.51. The number of nitrogen functional groups attached to an aromatic ring is 1. The van der Waals surface area contributed by atoms with E-state index in [0.717, 1.165) is 12.4 Å². The Kier molecular flexibility index (Phi) is 5.16. The number of carbonyl (C=O) groups is 1. The zero-order valence-electron chi connectivity index (χ0n) is 15.6. The maximum absolute atomic E-state index is 14.0. The van der Waals surface area contributed by atoms with Crippen molar-refractivity contribution in [1.82, 2.24) is 19.9 Å². The summed E-state index contributed by atoms with van der Waals surface area (Å²) in [4.78, 5) is 26.6. The molecule has 8 heteroatoms. The van der Waals surface area contributed by atoms with Crippen LogP contribution < -0.4 is 5.73 Å². The van der Waals surface area contributed by atoms with Crippen LogP contribution in [0.3, 0.4) is 0 Å². The fourth-order valence-electron chi connectivity index (χ4n) is 3.33. The predicted octanol–water partition coefficient (Wildman–Crippen LogP) is 2.64. The van der Waals surface area contributed by atoms with Gasteiger partial charge in [-0.2, -0.15) is 0 Å². The van der Waals surface area contributed by atoms with E-state index in [9.17, 15) is 13.6 Å². The van der Waals surface area contributed by atoms with Crippen molar-refractivity contribution in [2.45, 2.75) is 12.8 Å². The SMILES string of the molecule is Nc1ccc(-c2ccccc2F)nc1CC(=O)N1CC(Cc2ncc(F)cn2)C1. The molecule has 1 fully saturated rings. The van der Waals surface area contributed by atoms with E-state index in [1.54, 1.807) is 35.2 Å². The summed E-state index contributed by atoms with van der Waals surface area (Å²) in [6.45, 7) is 1.15. The molecule has 6 nitrogen and oxygen atoms in total. The average Bonchev–Trinajstić information content (AvgIpc) is 2.68. The first-order chi connectivity index (χ1) is 14.0. The topological polar surface area (TPSA) is 85.0 Å². The van der Waals surface area contributed by atoms with Gasteiger partial charge in [0.05, 0.1) is 35.9 Å². The van der Waals surface area contributed by atoms with Gasteiger partial charge >= 0.3 is 0 Å². The van der Waals surface area contributed by atoms with Crippen molar-refractivity contribution in [3.8, 4) is 11.3 Å². The number of halogens is 2. The number of rotatable bonds is 5. The molecule has 0 radical (unpaired) electrons. The normalized spacial score (nSPS) is 13.9. The fourth-order valence-corrected chi connectivity index (χ4v) is 3.33. The minimum absolute atomic E-state index is 0.0495. The van der Waals surface area contributed by atoms with Gasteiger partial charge in [-0.3, -0.25) is 9.78 Å². The summed E-state index contributed by atoms with van der Waals surface area (Å²) in [7, 11) is 0. The van der Waals surface area contributed by atoms with Gasteiger partial charge in [0.25, 0.3) is 0 Å². The third-order valence-corrected chi connectivity index (χ3v) is 4.93. The monoisotopic (exact) mass is 395 g/mol. The molecule has 1 aromatic carbocycles. The van der Waals surface area contributed by atoms with Crippen LogP contribution in [0.25, 0.3) is 11.3 Å². The summed E-state index contributed by atoms with van der Waals surface area (Å²) in [5, 5.41) is 0. The Morgan fingerprint density at radius 3 is 2.55 bits per heavy atom. The van der Waals surface area contributed by atoms with Crippen LogP contribution in [0, 0.1) is 17.6 Å². The average molecular weight is 395 g/mol. The highest BCUT2D eigenvalue weighted by atomic mass is 19.1. The summed E-state index contributed by atoms with van der Waals surface area (Å²) >= 11 is 0. The third-order valence-electron chi connectivity index (χ3n) is 4.93. The molecule has 2 aromatic heterocycles. The number of hydrogen-bond acceptors (Lipinski definition) is 5. The number of amides is 1. The second-order valence-corrected chi connectivity index (χ2v) is 7.08. The van der Waals surface area contributed by atoms with Gasteiger partial charge in [0.1, 0.15) is 11.6 Å². The highest BCUT2D eigenvalue weighted by Gasteiger charge is 2.31. The molecule has 1 amide bonds. The van der Waals surface area contributed by atoms with Gasteiger partial charge in [-0.1, -0.05) is 12.1 Å². The Labute approximate surface area is 166 Å². The van der Waals surface area contributed by atoms with Gasteiger partial charge < -0.3 is 10.6 Å². The third kappa shape index (κ3) is 4.21. The lowest BCUT2D eigenvalue weighted by molar-refractivity contribution is -0.136. The maximum Gasteiger partial charge on any atom is 0.228 e. The van der Waals surface area contributed by atoms with Gasteiger partial charge in [0.2, 0.25) is 5.91 Å². The van der Waals surface area contributed by atoms with Gasteiger partial charge in [-0.25, -0.2) is 18.7 Å². The van der Waals surface area contributed by atoms with Gasteiger partial charge in [-0.05, 0) is 24.3 Å². The minimum Gasteiger partial charge on any atom is -0.397 e. The number of anilines is 1. The summed E-state index contributed by atoms with van der Waals surface area (Å²) in [6.07, 6.45) is 2.92. The smallest absolute Gasteiger partial charge is 0.228 e. The standard InChI is InChI=1S/C21H19F2N5O/c22-14-9-25-20(26-10-14)7-13-11-28(12-13)21(29)8-19-17(24)5-6-18(27-19)15-3-1-2-4-16(15)23/h1-6,9-10,13H,7-8,11-12,24H2. The molecule has 2 N–H and O–H groups in total. The molecular formula is C21H19F2N5O. The molecule has 1 aliphatic heterocycles. The first-order valence-corrected chi connectivity index (χ1v) is 9.24. The Balaban J connectivity index is 1.38. The van der Waals surface area contributed by atoms with Crippen LogP contribution in [0.5, 0.6) is 0 Å². The zero-order chi connectivity index (χ0) is 20.4. The Bertz CT molecular complexity index is 1040. The molecule has 0 atom stereocenters. The number of hydrogen-bond donors (Lipinski definition) is 1. The molecule has 4 rings (SSSR count). The molecule has 0 spiro atoms. The van der Waals surface area contributed by atoms with E-state index in [4.69, 9.17) is 5.73 Å². The zero-order valence-corrected chi connectivity index (χ0v) is 15.6. The van der Waals surface area contributed by atoms with Crippen LogP contribution in [0.15, 0.2) is 48.8 Å². The highest BCUT2D eigenvalue weighted by Crippen LogP contribution is 2.25. The van der Waals surface area contributed by atoms with E-state index in [1.165, 1.54) is 6.07 Å². The number of benzene rings is 1. The predicted molar refractivity (Wildman–Crippen MR) is 104 cm³/mol. The number of pyridine rings is 1. The van der Waals surface area contributed by atoms with E-state index >= 15 is 0 Å². The Morgan fingerprint density at radius 2 is 1.83 bits per heavy atom. The highest BCUT2D eigenvalue weighted by molar-refractivity contribution is 5.81. The van der Waals surface area contributed by atoms with E-state index in [0.29, 0.717) is 48.0 Å². The van der Waals surface area contributed by atoms with Crippen LogP contribution >= 0.6 is 0 Å². The van der Waals surface area contributed by atoms with Crippen LogP contribution in [-0.4, -0.2) is 38.8 Å². The van der Waals surface area contributed by atoms with Crippen LogP contribution in [0.4, 0.5) is 14.5 Å². The minimum atomic E-state index is -0.470. The molecule has 0 unspecified atom stereocenters. The molecule has 3 heterocycles. The van der Waals surface area contributed by atoms with E-state index in [1.807, 2.05) is 0 Å². The first-order valence-electron chi connectivity index (χ1n) is 9.24. The summed E-state index contributed by atoms with van der Waals surface area (Å²) < 4.78 is 26.9. The number of nitrogens with two attached hydrogens (primary N) is 1. The summed E-state index contributed by atoms with van der Waals surface area (Å²) in [6, 6.07) is 9.62. The molecule has 0 aliphatic carbocycles. The van der Waals surface area contributed by atoms with Crippen molar-refractivity contribution in [1.29, 1.82) is 0 Å². The van der Waals surface area contributed by atoms with Crippen molar-refractivity contribution in [2.75, 3.05) is 18.8 Å². The molecule has 148 valence electrons. The number of carbonyl (C=O) groups excluding carboxylic acids is 1. The number of aromatic nitrogens is 3. The van der Waals surface area contributed by atoms with Crippen molar-refractivity contribution in [3.05, 3.63) is 71.9 Å². The number of likely N-dealkylation sites (tertiary alicyclic amines) is 1. The van der Waals surface area contributed by atoms with Gasteiger partial charge in [0.15, 0.2) is 5.82 Å². The quantitative estimate of drug-likeness (QED) is 0.718. The summed E-state index contributed by atoms with van der Waals surface area (Å²) in [5.41, 5.74) is 7.62. The van der Waals surface area contributed by atoms with Crippen LogP contribution in [0.2, 0.25) is 0 Å². The van der Waals surface area contributed by atoms with Crippen molar-refractivity contribution in [2.24, 2.45) is 5.92 Å². The molecule has 29 heavy (non-hydrogen) atoms. The fraction of sp³-hybridized carbons (Fsp3) is 0.238. The second-order valence-electron chi connectivity index (χ2n) is 7.08. The lowest BCUT2D eigenvalue weighted by atomic mass is 9.95.